The first-order valence-corrected chi connectivity index (χ1v) is 6.90. The molecule has 0 spiro atoms. The van der Waals surface area contributed by atoms with Crippen molar-refractivity contribution < 1.29 is 0 Å². The Morgan fingerprint density at radius 1 is 1.16 bits per heavy atom. The average molecular weight is 309 g/mol. The zero-order valence-electron chi connectivity index (χ0n) is 10.1. The summed E-state index contributed by atoms with van der Waals surface area (Å²) < 4.78 is 2.50. The number of halogens is 2. The smallest absolute Gasteiger partial charge is 0.182 e. The van der Waals surface area contributed by atoms with Crippen molar-refractivity contribution in [1.29, 1.82) is 0 Å². The molecule has 5 heteroatoms. The zero-order chi connectivity index (χ0) is 13.6. The highest BCUT2D eigenvalue weighted by molar-refractivity contribution is 7.71. The van der Waals surface area contributed by atoms with E-state index in [4.69, 9.17) is 35.4 Å². The molecular weight excluding hydrogens is 299 g/mol. The Kier molecular flexibility index (Phi) is 3.13. The van der Waals surface area contributed by atoms with Gasteiger partial charge in [0.05, 0.1) is 26.8 Å². The third-order valence-electron chi connectivity index (χ3n) is 3.01. The second-order valence-corrected chi connectivity index (χ2v) is 5.53. The molecular formula is C14H10Cl2N2S. The molecule has 0 saturated heterocycles. The predicted octanol–water partition coefficient (Wildman–Crippen LogP) is 5.30. The molecule has 2 aromatic carbocycles. The van der Waals surface area contributed by atoms with Crippen molar-refractivity contribution in [3.63, 3.8) is 0 Å². The third-order valence-corrected chi connectivity index (χ3v) is 4.10. The average Bonchev–Trinajstić information content (AvgIpc) is 2.68. The SMILES string of the molecule is Cc1ccc2c(c1)[nH]c(=S)n2-c1cccc(Cl)c1Cl. The summed E-state index contributed by atoms with van der Waals surface area (Å²) in [5.41, 5.74) is 3.93. The van der Waals surface area contributed by atoms with E-state index in [1.54, 1.807) is 6.07 Å². The summed E-state index contributed by atoms with van der Waals surface area (Å²) in [6.07, 6.45) is 0. The minimum Gasteiger partial charge on any atom is -0.330 e. The highest BCUT2D eigenvalue weighted by atomic mass is 35.5. The number of aromatic amines is 1. The fourth-order valence-corrected chi connectivity index (χ4v) is 2.82. The number of nitrogens with one attached hydrogen (secondary N) is 1. The molecule has 0 unspecified atom stereocenters. The predicted molar refractivity (Wildman–Crippen MR) is 83.2 cm³/mol. The van der Waals surface area contributed by atoms with Crippen LogP contribution < -0.4 is 0 Å². The summed E-state index contributed by atoms with van der Waals surface area (Å²) >= 11 is 17.7. The largest absolute Gasteiger partial charge is 0.330 e. The Labute approximate surface area is 125 Å². The van der Waals surface area contributed by atoms with E-state index in [2.05, 4.69) is 11.1 Å². The molecule has 0 aliphatic carbocycles. The van der Waals surface area contributed by atoms with E-state index in [0.29, 0.717) is 14.8 Å². The number of imidazole rings is 1. The van der Waals surface area contributed by atoms with Crippen molar-refractivity contribution in [2.45, 2.75) is 6.92 Å². The van der Waals surface area contributed by atoms with Crippen LogP contribution >= 0.6 is 35.4 Å². The molecule has 0 radical (unpaired) electrons. The summed E-state index contributed by atoms with van der Waals surface area (Å²) in [5, 5.41) is 1.02. The highest BCUT2D eigenvalue weighted by Crippen LogP contribution is 2.31. The summed E-state index contributed by atoms with van der Waals surface area (Å²) in [6.45, 7) is 2.04. The second-order valence-electron chi connectivity index (χ2n) is 4.36. The maximum atomic E-state index is 6.28. The van der Waals surface area contributed by atoms with Crippen LogP contribution in [0, 0.1) is 11.7 Å². The van der Waals surface area contributed by atoms with E-state index in [1.165, 1.54) is 5.56 Å². The molecule has 19 heavy (non-hydrogen) atoms. The fraction of sp³-hybridized carbons (Fsp3) is 0.0714. The lowest BCUT2D eigenvalue weighted by Gasteiger charge is -2.08. The first-order valence-electron chi connectivity index (χ1n) is 5.73. The van der Waals surface area contributed by atoms with Crippen LogP contribution in [-0.4, -0.2) is 9.55 Å². The van der Waals surface area contributed by atoms with Crippen molar-refractivity contribution in [1.82, 2.24) is 9.55 Å². The van der Waals surface area contributed by atoms with Gasteiger partial charge >= 0.3 is 0 Å². The number of nitrogens with zero attached hydrogens (tertiary/aromatic N) is 1. The molecule has 0 saturated carbocycles. The fourth-order valence-electron chi connectivity index (χ4n) is 2.13. The molecule has 0 aliphatic rings. The molecule has 0 aliphatic heterocycles. The Hall–Kier alpha value is -1.29. The Morgan fingerprint density at radius 3 is 2.74 bits per heavy atom. The van der Waals surface area contributed by atoms with Crippen LogP contribution in [0.1, 0.15) is 5.56 Å². The zero-order valence-corrected chi connectivity index (χ0v) is 12.4. The van der Waals surface area contributed by atoms with Crippen LogP contribution in [0.5, 0.6) is 0 Å². The summed E-state index contributed by atoms with van der Waals surface area (Å²) in [4.78, 5) is 3.19. The van der Waals surface area contributed by atoms with Crippen molar-refractivity contribution in [2.24, 2.45) is 0 Å². The Morgan fingerprint density at radius 2 is 1.95 bits per heavy atom. The van der Waals surface area contributed by atoms with E-state index in [0.717, 1.165) is 16.7 Å². The van der Waals surface area contributed by atoms with E-state index < -0.39 is 0 Å². The van der Waals surface area contributed by atoms with Gasteiger partial charge in [-0.2, -0.15) is 0 Å². The van der Waals surface area contributed by atoms with Crippen LogP contribution in [0.25, 0.3) is 16.7 Å². The first kappa shape index (κ1) is 12.7. The van der Waals surface area contributed by atoms with Gasteiger partial charge < -0.3 is 4.98 Å². The van der Waals surface area contributed by atoms with Gasteiger partial charge in [0.1, 0.15) is 0 Å². The summed E-state index contributed by atoms with van der Waals surface area (Å²) in [6, 6.07) is 11.6. The first-order chi connectivity index (χ1) is 9.08. The molecule has 3 rings (SSSR count). The number of hydrogen-bond donors (Lipinski definition) is 1. The van der Waals surface area contributed by atoms with Crippen molar-refractivity contribution >= 4 is 46.5 Å². The van der Waals surface area contributed by atoms with Gasteiger partial charge in [-0.15, -0.1) is 0 Å². The second kappa shape index (κ2) is 4.67. The van der Waals surface area contributed by atoms with E-state index in [1.807, 2.05) is 35.8 Å². The van der Waals surface area contributed by atoms with Gasteiger partial charge in [0.25, 0.3) is 0 Å². The normalized spacial score (nSPS) is 11.1. The third kappa shape index (κ3) is 2.08. The minimum atomic E-state index is 0.502. The number of aromatic nitrogens is 2. The van der Waals surface area contributed by atoms with Gasteiger partial charge in [-0.25, -0.2) is 0 Å². The highest BCUT2D eigenvalue weighted by Gasteiger charge is 2.11. The maximum Gasteiger partial charge on any atom is 0.182 e. The number of aryl methyl sites for hydroxylation is 1. The number of hydrogen-bond acceptors (Lipinski definition) is 1. The number of H-pyrrole nitrogens is 1. The van der Waals surface area contributed by atoms with Gasteiger partial charge in [0, 0.05) is 0 Å². The lowest BCUT2D eigenvalue weighted by molar-refractivity contribution is 1.07. The van der Waals surface area contributed by atoms with Gasteiger partial charge in [0.15, 0.2) is 4.77 Å². The summed E-state index contributed by atoms with van der Waals surface area (Å²) in [7, 11) is 0. The van der Waals surface area contributed by atoms with Crippen LogP contribution in [-0.2, 0) is 0 Å². The minimum absolute atomic E-state index is 0.502. The van der Waals surface area contributed by atoms with Gasteiger partial charge in [-0.05, 0) is 49.0 Å². The number of rotatable bonds is 1. The van der Waals surface area contributed by atoms with E-state index >= 15 is 0 Å². The van der Waals surface area contributed by atoms with Crippen LogP contribution in [0.2, 0.25) is 10.0 Å². The lowest BCUT2D eigenvalue weighted by Crippen LogP contribution is -1.95. The molecule has 1 aromatic heterocycles. The standard InChI is InChI=1S/C14H10Cl2N2S/c1-8-5-6-11-10(7-8)17-14(19)18(11)12-4-2-3-9(15)13(12)16/h2-7H,1H3,(H,17,19). The van der Waals surface area contributed by atoms with Crippen molar-refractivity contribution in [3.8, 4) is 5.69 Å². The molecule has 2 nitrogen and oxygen atoms in total. The lowest BCUT2D eigenvalue weighted by atomic mass is 10.2. The molecule has 0 fully saturated rings. The Balaban J connectivity index is 2.40. The van der Waals surface area contributed by atoms with Gasteiger partial charge in [-0.3, -0.25) is 4.57 Å². The molecule has 0 atom stereocenters. The van der Waals surface area contributed by atoms with Gasteiger partial charge in [0.2, 0.25) is 0 Å². The van der Waals surface area contributed by atoms with E-state index in [-0.39, 0.29) is 0 Å². The van der Waals surface area contributed by atoms with Crippen molar-refractivity contribution in [3.05, 3.63) is 56.8 Å². The number of benzene rings is 2. The van der Waals surface area contributed by atoms with Crippen molar-refractivity contribution in [2.75, 3.05) is 0 Å². The molecule has 3 aromatic rings. The topological polar surface area (TPSA) is 20.7 Å². The Bertz CT molecular complexity index is 833. The molecule has 96 valence electrons. The van der Waals surface area contributed by atoms with Crippen LogP contribution in [0.4, 0.5) is 0 Å². The summed E-state index contributed by atoms with van der Waals surface area (Å²) in [5.74, 6) is 0. The molecule has 0 bridgehead atoms. The molecule has 1 N–H and O–H groups in total. The number of fused-ring (bicyclic) bond motifs is 1. The van der Waals surface area contributed by atoms with Crippen LogP contribution in [0.3, 0.4) is 0 Å². The maximum absolute atomic E-state index is 6.28. The van der Waals surface area contributed by atoms with Gasteiger partial charge in [-0.1, -0.05) is 35.3 Å². The molecule has 1 heterocycles. The monoisotopic (exact) mass is 308 g/mol. The van der Waals surface area contributed by atoms with Crippen LogP contribution in [0.15, 0.2) is 36.4 Å². The quantitative estimate of drug-likeness (QED) is 0.605. The molecule has 0 amide bonds. The van der Waals surface area contributed by atoms with E-state index in [9.17, 15) is 0 Å².